The van der Waals surface area contributed by atoms with E-state index in [0.29, 0.717) is 24.2 Å². The molecule has 0 bridgehead atoms. The predicted molar refractivity (Wildman–Crippen MR) is 44.8 cm³/mol. The predicted octanol–water partition coefficient (Wildman–Crippen LogP) is 2.10. The van der Waals surface area contributed by atoms with Crippen LogP contribution in [0.4, 0.5) is 0 Å². The fourth-order valence-corrected chi connectivity index (χ4v) is 0.895. The van der Waals surface area contributed by atoms with Gasteiger partial charge in [0.2, 0.25) is 0 Å². The maximum absolute atomic E-state index is 10.4. The van der Waals surface area contributed by atoms with E-state index in [1.165, 1.54) is 6.26 Å². The minimum atomic E-state index is 0.258. The Bertz CT molecular complexity index is 286. The smallest absolute Gasteiger partial charge is 0.186 e. The lowest BCUT2D eigenvalue weighted by molar-refractivity contribution is 0.109. The van der Waals surface area contributed by atoms with Crippen LogP contribution in [0.5, 0.6) is 0 Å². The lowest BCUT2D eigenvalue weighted by Crippen LogP contribution is -1.91. The van der Waals surface area contributed by atoms with Gasteiger partial charge >= 0.3 is 0 Å². The molecule has 0 aromatic carbocycles. The van der Waals surface area contributed by atoms with Crippen LogP contribution in [0.15, 0.2) is 23.3 Å². The van der Waals surface area contributed by atoms with Crippen molar-refractivity contribution in [2.24, 2.45) is 0 Å². The Morgan fingerprint density at radius 1 is 1.83 bits per heavy atom. The van der Waals surface area contributed by atoms with Gasteiger partial charge in [-0.25, -0.2) is 0 Å². The molecule has 0 aliphatic rings. The molecule has 0 N–H and O–H groups in total. The number of rotatable bonds is 4. The molecule has 3 nitrogen and oxygen atoms in total. The van der Waals surface area contributed by atoms with Gasteiger partial charge in [0.05, 0.1) is 18.4 Å². The molecular weight excluding hydrogens is 156 g/mol. The second kappa shape index (κ2) is 3.76. The second-order valence-electron chi connectivity index (χ2n) is 2.17. The van der Waals surface area contributed by atoms with Crippen molar-refractivity contribution in [1.29, 1.82) is 0 Å². The topological polar surface area (TPSA) is 39.4 Å². The quantitative estimate of drug-likeness (QED) is 0.508. The molecule has 0 radical (unpaired) electrons. The molecule has 1 rings (SSSR count). The Balaban J connectivity index is 2.86. The Labute approximate surface area is 70.6 Å². The first-order valence-electron chi connectivity index (χ1n) is 3.64. The summed E-state index contributed by atoms with van der Waals surface area (Å²) in [5, 5.41) is 0. The van der Waals surface area contributed by atoms with Crippen molar-refractivity contribution < 1.29 is 13.9 Å². The standard InChI is InChI=1S/C9H10O3/c1-3-11-7(2)8-4-5-12-9(8)6-10/h4-6H,2-3H2,1H3. The molecule has 0 aliphatic carbocycles. The van der Waals surface area contributed by atoms with Crippen molar-refractivity contribution in [3.05, 3.63) is 30.2 Å². The zero-order valence-corrected chi connectivity index (χ0v) is 6.87. The van der Waals surface area contributed by atoms with E-state index in [9.17, 15) is 4.79 Å². The molecule has 0 aliphatic heterocycles. The fraction of sp³-hybridized carbons (Fsp3) is 0.222. The minimum absolute atomic E-state index is 0.258. The minimum Gasteiger partial charge on any atom is -0.494 e. The molecule has 3 heteroatoms. The van der Waals surface area contributed by atoms with Gasteiger partial charge in [0.25, 0.3) is 0 Å². The first-order chi connectivity index (χ1) is 5.79. The number of hydrogen-bond acceptors (Lipinski definition) is 3. The van der Waals surface area contributed by atoms with Crippen LogP contribution >= 0.6 is 0 Å². The lowest BCUT2D eigenvalue weighted by atomic mass is 10.2. The highest BCUT2D eigenvalue weighted by molar-refractivity contribution is 5.80. The van der Waals surface area contributed by atoms with Gasteiger partial charge in [-0.15, -0.1) is 0 Å². The Kier molecular flexibility index (Phi) is 2.69. The monoisotopic (exact) mass is 166 g/mol. The molecule has 12 heavy (non-hydrogen) atoms. The third-order valence-electron chi connectivity index (χ3n) is 1.42. The van der Waals surface area contributed by atoms with Gasteiger partial charge in [0, 0.05) is 0 Å². The molecular formula is C9H10O3. The number of furan rings is 1. The largest absolute Gasteiger partial charge is 0.494 e. The van der Waals surface area contributed by atoms with Gasteiger partial charge in [-0.05, 0) is 13.0 Å². The van der Waals surface area contributed by atoms with Gasteiger partial charge in [0.1, 0.15) is 5.76 Å². The summed E-state index contributed by atoms with van der Waals surface area (Å²) in [6.45, 7) is 6.04. The molecule has 0 amide bonds. The number of hydrogen-bond donors (Lipinski definition) is 0. The van der Waals surface area contributed by atoms with Crippen molar-refractivity contribution >= 4 is 12.0 Å². The van der Waals surface area contributed by atoms with E-state index in [4.69, 9.17) is 9.15 Å². The van der Waals surface area contributed by atoms with Crippen LogP contribution in [0.3, 0.4) is 0 Å². The van der Waals surface area contributed by atoms with Crippen LogP contribution < -0.4 is 0 Å². The maximum Gasteiger partial charge on any atom is 0.186 e. The van der Waals surface area contributed by atoms with Crippen molar-refractivity contribution in [2.45, 2.75) is 6.92 Å². The van der Waals surface area contributed by atoms with E-state index in [0.717, 1.165) is 0 Å². The summed E-state index contributed by atoms with van der Waals surface area (Å²) in [4.78, 5) is 10.4. The Morgan fingerprint density at radius 2 is 2.58 bits per heavy atom. The molecule has 1 aromatic heterocycles. The van der Waals surface area contributed by atoms with E-state index in [2.05, 4.69) is 6.58 Å². The third-order valence-corrected chi connectivity index (χ3v) is 1.42. The summed E-state index contributed by atoms with van der Waals surface area (Å²) in [6.07, 6.45) is 2.07. The highest BCUT2D eigenvalue weighted by atomic mass is 16.5. The molecule has 0 spiro atoms. The Morgan fingerprint density at radius 3 is 3.17 bits per heavy atom. The van der Waals surface area contributed by atoms with Crippen LogP contribution in [-0.4, -0.2) is 12.9 Å². The summed E-state index contributed by atoms with van der Waals surface area (Å²) in [5.41, 5.74) is 0.617. The van der Waals surface area contributed by atoms with Gasteiger partial charge in [-0.1, -0.05) is 6.58 Å². The highest BCUT2D eigenvalue weighted by Crippen LogP contribution is 2.18. The molecule has 0 fully saturated rings. The van der Waals surface area contributed by atoms with Crippen molar-refractivity contribution in [3.63, 3.8) is 0 Å². The van der Waals surface area contributed by atoms with Crippen LogP contribution in [-0.2, 0) is 4.74 Å². The molecule has 64 valence electrons. The second-order valence-corrected chi connectivity index (χ2v) is 2.17. The van der Waals surface area contributed by atoms with E-state index < -0.39 is 0 Å². The summed E-state index contributed by atoms with van der Waals surface area (Å²) in [7, 11) is 0. The zero-order valence-electron chi connectivity index (χ0n) is 6.87. The SMILES string of the molecule is C=C(OCC)c1ccoc1C=O. The molecule has 1 aromatic rings. The van der Waals surface area contributed by atoms with Gasteiger partial charge < -0.3 is 9.15 Å². The number of carbonyl (C=O) groups excluding carboxylic acids is 1. The highest BCUT2D eigenvalue weighted by Gasteiger charge is 2.08. The van der Waals surface area contributed by atoms with E-state index >= 15 is 0 Å². The fourth-order valence-electron chi connectivity index (χ4n) is 0.895. The van der Waals surface area contributed by atoms with Crippen LogP contribution in [0.2, 0.25) is 0 Å². The average Bonchev–Trinajstić information content (AvgIpc) is 2.51. The molecule has 0 atom stereocenters. The van der Waals surface area contributed by atoms with Crippen molar-refractivity contribution in [3.8, 4) is 0 Å². The average molecular weight is 166 g/mol. The Hall–Kier alpha value is -1.51. The van der Waals surface area contributed by atoms with E-state index in [1.807, 2.05) is 6.92 Å². The van der Waals surface area contributed by atoms with Crippen molar-refractivity contribution in [2.75, 3.05) is 6.61 Å². The molecule has 1 heterocycles. The summed E-state index contributed by atoms with van der Waals surface area (Å²) in [6, 6.07) is 1.65. The van der Waals surface area contributed by atoms with Crippen LogP contribution in [0.1, 0.15) is 23.0 Å². The molecule has 0 saturated heterocycles. The number of aldehydes is 1. The lowest BCUT2D eigenvalue weighted by Gasteiger charge is -2.03. The van der Waals surface area contributed by atoms with Gasteiger partial charge in [-0.3, -0.25) is 4.79 Å². The van der Waals surface area contributed by atoms with E-state index in [1.54, 1.807) is 6.07 Å². The first-order valence-corrected chi connectivity index (χ1v) is 3.64. The van der Waals surface area contributed by atoms with Gasteiger partial charge in [0.15, 0.2) is 12.0 Å². The zero-order chi connectivity index (χ0) is 8.97. The molecule has 0 saturated carbocycles. The maximum atomic E-state index is 10.4. The summed E-state index contributed by atoms with van der Waals surface area (Å²) >= 11 is 0. The van der Waals surface area contributed by atoms with Crippen LogP contribution in [0, 0.1) is 0 Å². The molecule has 0 unspecified atom stereocenters. The van der Waals surface area contributed by atoms with Crippen LogP contribution in [0.25, 0.3) is 5.76 Å². The first kappa shape index (κ1) is 8.59. The number of ether oxygens (including phenoxy) is 1. The van der Waals surface area contributed by atoms with Crippen molar-refractivity contribution in [1.82, 2.24) is 0 Å². The third kappa shape index (κ3) is 1.56. The van der Waals surface area contributed by atoms with Gasteiger partial charge in [-0.2, -0.15) is 0 Å². The van der Waals surface area contributed by atoms with E-state index in [-0.39, 0.29) is 5.76 Å². The normalized spacial score (nSPS) is 9.42. The number of carbonyl (C=O) groups is 1. The summed E-state index contributed by atoms with van der Waals surface area (Å²) < 4.78 is 9.99. The summed E-state index contributed by atoms with van der Waals surface area (Å²) in [5.74, 6) is 0.724.